The summed E-state index contributed by atoms with van der Waals surface area (Å²) in [7, 11) is 0. The molecule has 1 heterocycles. The fraction of sp³-hybridized carbons (Fsp3) is 0. The Kier molecular flexibility index (Phi) is 3.90. The zero-order valence-electron chi connectivity index (χ0n) is 10.3. The van der Waals surface area contributed by atoms with Gasteiger partial charge in [-0.05, 0) is 18.2 Å². The van der Waals surface area contributed by atoms with Crippen molar-refractivity contribution >= 4 is 29.1 Å². The van der Waals surface area contributed by atoms with E-state index in [2.05, 4.69) is 4.98 Å². The minimum atomic E-state index is -1.12. The van der Waals surface area contributed by atoms with Gasteiger partial charge in [0.2, 0.25) is 11.7 Å². The molecule has 0 amide bonds. The van der Waals surface area contributed by atoms with Gasteiger partial charge in [0.05, 0.1) is 15.5 Å². The fourth-order valence-electron chi connectivity index (χ4n) is 1.49. The maximum absolute atomic E-state index is 10.8. The lowest BCUT2D eigenvalue weighted by atomic mass is 10.2. The van der Waals surface area contributed by atoms with Crippen LogP contribution in [0.25, 0.3) is 0 Å². The van der Waals surface area contributed by atoms with Gasteiger partial charge in [-0.2, -0.15) is 4.98 Å². The third kappa shape index (κ3) is 3.18. The van der Waals surface area contributed by atoms with Crippen LogP contribution in [0.1, 0.15) is 10.4 Å². The van der Waals surface area contributed by atoms with E-state index in [-0.39, 0.29) is 33.7 Å². The van der Waals surface area contributed by atoms with Crippen molar-refractivity contribution in [2.24, 2.45) is 0 Å². The highest BCUT2D eigenvalue weighted by Gasteiger charge is 2.15. The third-order valence-electron chi connectivity index (χ3n) is 2.47. The smallest absolute Gasteiger partial charge is 0.335 e. The van der Waals surface area contributed by atoms with E-state index in [0.29, 0.717) is 0 Å². The molecule has 0 saturated carbocycles. The van der Waals surface area contributed by atoms with Crippen molar-refractivity contribution in [3.8, 4) is 11.6 Å². The molecule has 0 spiro atoms. The molecule has 21 heavy (non-hydrogen) atoms. The minimum absolute atomic E-state index is 0.00285. The van der Waals surface area contributed by atoms with Crippen LogP contribution in [-0.2, 0) is 0 Å². The molecular formula is C12H8ClN3O5. The van der Waals surface area contributed by atoms with Gasteiger partial charge < -0.3 is 15.6 Å². The van der Waals surface area contributed by atoms with Gasteiger partial charge in [0, 0.05) is 12.1 Å². The molecule has 0 saturated heterocycles. The Morgan fingerprint density at radius 3 is 2.62 bits per heavy atom. The molecule has 0 aliphatic heterocycles. The highest BCUT2D eigenvalue weighted by molar-refractivity contribution is 6.32. The van der Waals surface area contributed by atoms with Gasteiger partial charge in [0.25, 0.3) is 0 Å². The average molecular weight is 310 g/mol. The zero-order valence-corrected chi connectivity index (χ0v) is 11.1. The van der Waals surface area contributed by atoms with E-state index >= 15 is 0 Å². The van der Waals surface area contributed by atoms with E-state index < -0.39 is 10.9 Å². The summed E-state index contributed by atoms with van der Waals surface area (Å²) >= 11 is 5.89. The number of anilines is 1. The molecule has 9 heteroatoms. The van der Waals surface area contributed by atoms with E-state index in [4.69, 9.17) is 27.2 Å². The van der Waals surface area contributed by atoms with Crippen molar-refractivity contribution < 1.29 is 19.6 Å². The van der Waals surface area contributed by atoms with Gasteiger partial charge in [0.1, 0.15) is 5.75 Å². The van der Waals surface area contributed by atoms with E-state index in [9.17, 15) is 14.9 Å². The summed E-state index contributed by atoms with van der Waals surface area (Å²) in [6, 6.07) is 6.28. The Morgan fingerprint density at radius 2 is 2.10 bits per heavy atom. The number of nitro groups is 1. The number of aromatic nitrogens is 1. The Balaban J connectivity index is 2.28. The number of ether oxygens (including phenoxy) is 1. The molecule has 1 aromatic carbocycles. The first-order chi connectivity index (χ1) is 9.88. The SMILES string of the molecule is Nc1nc(Oc2ccc(C(=O)O)cc2Cl)ccc1[N+](=O)[O-]. The zero-order chi connectivity index (χ0) is 15.6. The second-order valence-corrected chi connectivity index (χ2v) is 4.27. The van der Waals surface area contributed by atoms with Crippen molar-refractivity contribution in [2.75, 3.05) is 5.73 Å². The molecule has 108 valence electrons. The molecule has 0 unspecified atom stereocenters. The summed E-state index contributed by atoms with van der Waals surface area (Å²) in [5.74, 6) is -1.26. The lowest BCUT2D eigenvalue weighted by molar-refractivity contribution is -0.384. The topological polar surface area (TPSA) is 129 Å². The summed E-state index contributed by atoms with van der Waals surface area (Å²) in [5.41, 5.74) is 5.10. The number of halogens is 1. The number of pyridine rings is 1. The molecule has 0 fully saturated rings. The van der Waals surface area contributed by atoms with Crippen LogP contribution in [0.2, 0.25) is 5.02 Å². The van der Waals surface area contributed by atoms with Crippen molar-refractivity contribution in [3.63, 3.8) is 0 Å². The van der Waals surface area contributed by atoms with Gasteiger partial charge in [-0.25, -0.2) is 4.79 Å². The summed E-state index contributed by atoms with van der Waals surface area (Å²) in [5, 5.41) is 19.5. The first-order valence-corrected chi connectivity index (χ1v) is 5.88. The van der Waals surface area contributed by atoms with E-state index in [1.54, 1.807) is 0 Å². The Labute approximate surface area is 122 Å². The Bertz CT molecular complexity index is 735. The van der Waals surface area contributed by atoms with Gasteiger partial charge in [0.15, 0.2) is 0 Å². The molecule has 0 aliphatic rings. The summed E-state index contributed by atoms with van der Waals surface area (Å²) < 4.78 is 5.32. The van der Waals surface area contributed by atoms with E-state index in [0.717, 1.165) is 6.07 Å². The quantitative estimate of drug-likeness (QED) is 0.656. The van der Waals surface area contributed by atoms with E-state index in [1.807, 2.05) is 0 Å². The monoisotopic (exact) mass is 309 g/mol. The van der Waals surface area contributed by atoms with Gasteiger partial charge in [-0.15, -0.1) is 0 Å². The standard InChI is InChI=1S/C12H8ClN3O5/c13-7-5-6(12(17)18)1-3-9(7)21-10-4-2-8(16(19)20)11(14)15-10/h1-5H,(H2,14,15)(H,17,18). The van der Waals surface area contributed by atoms with Crippen LogP contribution in [0.4, 0.5) is 11.5 Å². The highest BCUT2D eigenvalue weighted by atomic mass is 35.5. The maximum atomic E-state index is 10.8. The first kappa shape index (κ1) is 14.5. The number of nitrogens with two attached hydrogens (primary N) is 1. The predicted molar refractivity (Wildman–Crippen MR) is 73.8 cm³/mol. The third-order valence-corrected chi connectivity index (χ3v) is 2.76. The maximum Gasteiger partial charge on any atom is 0.335 e. The van der Waals surface area contributed by atoms with Gasteiger partial charge in [-0.3, -0.25) is 10.1 Å². The van der Waals surface area contributed by atoms with Crippen molar-refractivity contribution in [3.05, 3.63) is 51.0 Å². The lowest BCUT2D eigenvalue weighted by Gasteiger charge is -2.07. The van der Waals surface area contributed by atoms with Crippen LogP contribution in [0.5, 0.6) is 11.6 Å². The summed E-state index contributed by atoms with van der Waals surface area (Å²) in [6.07, 6.45) is 0. The fourth-order valence-corrected chi connectivity index (χ4v) is 1.71. The second kappa shape index (κ2) is 5.63. The molecule has 2 rings (SSSR count). The van der Waals surface area contributed by atoms with E-state index in [1.165, 1.54) is 24.3 Å². The highest BCUT2D eigenvalue weighted by Crippen LogP contribution is 2.31. The van der Waals surface area contributed by atoms with Crippen LogP contribution in [0.3, 0.4) is 0 Å². The molecule has 8 nitrogen and oxygen atoms in total. The lowest BCUT2D eigenvalue weighted by Crippen LogP contribution is -2.00. The number of benzene rings is 1. The molecule has 2 aromatic rings. The number of nitrogen functional groups attached to an aromatic ring is 1. The number of carboxylic acid groups (broad SMARTS) is 1. The number of carbonyl (C=O) groups is 1. The number of hydrogen-bond acceptors (Lipinski definition) is 6. The van der Waals surface area contributed by atoms with Crippen molar-refractivity contribution in [2.45, 2.75) is 0 Å². The van der Waals surface area contributed by atoms with Crippen molar-refractivity contribution in [1.29, 1.82) is 0 Å². The molecule has 3 N–H and O–H groups in total. The van der Waals surface area contributed by atoms with Crippen molar-refractivity contribution in [1.82, 2.24) is 4.98 Å². The second-order valence-electron chi connectivity index (χ2n) is 3.86. The number of carboxylic acids is 1. The Hall–Kier alpha value is -2.87. The summed E-state index contributed by atoms with van der Waals surface area (Å²) in [6.45, 7) is 0. The first-order valence-electron chi connectivity index (χ1n) is 5.50. The van der Waals surface area contributed by atoms with Crippen LogP contribution < -0.4 is 10.5 Å². The molecule has 0 radical (unpaired) electrons. The molecule has 0 bridgehead atoms. The predicted octanol–water partition coefficient (Wildman–Crippen LogP) is 2.72. The number of nitrogens with zero attached hydrogens (tertiary/aromatic N) is 2. The van der Waals surface area contributed by atoms with Gasteiger partial charge >= 0.3 is 11.7 Å². The van der Waals surface area contributed by atoms with Crippen LogP contribution in [0, 0.1) is 10.1 Å². The van der Waals surface area contributed by atoms with Gasteiger partial charge in [-0.1, -0.05) is 11.6 Å². The molecule has 0 aliphatic carbocycles. The summed E-state index contributed by atoms with van der Waals surface area (Å²) in [4.78, 5) is 24.5. The number of hydrogen-bond donors (Lipinski definition) is 2. The van der Waals surface area contributed by atoms with Crippen LogP contribution in [0.15, 0.2) is 30.3 Å². The molecule has 1 aromatic heterocycles. The largest absolute Gasteiger partial charge is 0.478 e. The number of rotatable bonds is 4. The Morgan fingerprint density at radius 1 is 1.38 bits per heavy atom. The molecule has 0 atom stereocenters. The van der Waals surface area contributed by atoms with Crippen LogP contribution in [-0.4, -0.2) is 21.0 Å². The minimum Gasteiger partial charge on any atom is -0.478 e. The normalized spacial score (nSPS) is 10.1. The molecular weight excluding hydrogens is 302 g/mol. The van der Waals surface area contributed by atoms with Crippen LogP contribution >= 0.6 is 11.6 Å². The number of aromatic carboxylic acids is 1. The average Bonchev–Trinajstić information content (AvgIpc) is 2.40.